The van der Waals surface area contributed by atoms with Crippen molar-refractivity contribution >= 4 is 17.9 Å². The highest BCUT2D eigenvalue weighted by Crippen LogP contribution is 2.19. The van der Waals surface area contributed by atoms with Crippen LogP contribution in [0.25, 0.3) is 0 Å². The van der Waals surface area contributed by atoms with Crippen LogP contribution in [0, 0.1) is 5.82 Å². The van der Waals surface area contributed by atoms with E-state index < -0.39 is 11.8 Å². The summed E-state index contributed by atoms with van der Waals surface area (Å²) < 4.78 is 17.8. The summed E-state index contributed by atoms with van der Waals surface area (Å²) in [6.45, 7) is 0. The molecule has 1 rings (SSSR count). The number of halogens is 1. The molecule has 0 bridgehead atoms. The lowest BCUT2D eigenvalue weighted by Crippen LogP contribution is -2.10. The van der Waals surface area contributed by atoms with Crippen LogP contribution in [-0.2, 0) is 4.74 Å². The van der Waals surface area contributed by atoms with E-state index in [0.717, 1.165) is 6.07 Å². The molecule has 0 fully saturated rings. The summed E-state index contributed by atoms with van der Waals surface area (Å²) in [7, 11) is 2.68. The number of benzene rings is 1. The summed E-state index contributed by atoms with van der Waals surface area (Å²) in [6.07, 6.45) is 1.32. The monoisotopic (exact) mass is 210 g/mol. The molecule has 0 aliphatic rings. The van der Waals surface area contributed by atoms with Gasteiger partial charge >= 0.3 is 5.97 Å². The van der Waals surface area contributed by atoms with Crippen molar-refractivity contribution in [3.05, 3.63) is 29.1 Å². The zero-order valence-corrected chi connectivity index (χ0v) is 8.45. The number of rotatable bonds is 2. The average Bonchev–Trinajstić information content (AvgIpc) is 2.23. The van der Waals surface area contributed by atoms with Gasteiger partial charge in [0.05, 0.1) is 7.11 Å². The molecule has 80 valence electrons. The molecule has 5 heteroatoms. The molecule has 0 unspecified atom stereocenters. The Morgan fingerprint density at radius 3 is 2.80 bits per heavy atom. The minimum atomic E-state index is -0.769. The van der Waals surface area contributed by atoms with E-state index in [1.807, 2.05) is 0 Å². The van der Waals surface area contributed by atoms with Crippen LogP contribution in [-0.4, -0.2) is 26.3 Å². The second-order valence-electron chi connectivity index (χ2n) is 2.80. The molecular weight excluding hydrogens is 199 g/mol. The standard InChI is InChI=1S/C10H11FN2O2/c1-13-5-6-8(12)4-3-7(11)9(6)10(14)15-2/h3-5H,12H2,1-2H3. The Balaban J connectivity index is 3.44. The average molecular weight is 210 g/mol. The zero-order valence-electron chi connectivity index (χ0n) is 8.45. The van der Waals surface area contributed by atoms with Gasteiger partial charge in [0, 0.05) is 24.5 Å². The van der Waals surface area contributed by atoms with Crippen molar-refractivity contribution in [1.29, 1.82) is 0 Å². The van der Waals surface area contributed by atoms with E-state index in [0.29, 0.717) is 0 Å². The van der Waals surface area contributed by atoms with Gasteiger partial charge in [0.25, 0.3) is 0 Å². The fourth-order valence-corrected chi connectivity index (χ4v) is 1.19. The number of carbonyl (C=O) groups excluding carboxylic acids is 1. The van der Waals surface area contributed by atoms with Crippen LogP contribution in [0.3, 0.4) is 0 Å². The lowest BCUT2D eigenvalue weighted by Gasteiger charge is -2.07. The van der Waals surface area contributed by atoms with Gasteiger partial charge in [-0.3, -0.25) is 4.99 Å². The Hall–Kier alpha value is -1.91. The molecule has 0 heterocycles. The molecule has 0 aliphatic carbocycles. The molecule has 0 radical (unpaired) electrons. The van der Waals surface area contributed by atoms with Crippen molar-refractivity contribution in [1.82, 2.24) is 0 Å². The van der Waals surface area contributed by atoms with Gasteiger partial charge in [-0.25, -0.2) is 9.18 Å². The van der Waals surface area contributed by atoms with Crippen LogP contribution in [0.5, 0.6) is 0 Å². The predicted octanol–water partition coefficient (Wildman–Crippen LogP) is 1.24. The second kappa shape index (κ2) is 4.54. The SMILES string of the molecule is CN=Cc1c(N)ccc(F)c1C(=O)OC. The van der Waals surface area contributed by atoms with Crippen LogP contribution in [0.2, 0.25) is 0 Å². The Labute approximate surface area is 86.6 Å². The lowest BCUT2D eigenvalue weighted by molar-refractivity contribution is 0.0595. The largest absolute Gasteiger partial charge is 0.465 e. The Kier molecular flexibility index (Phi) is 3.38. The fourth-order valence-electron chi connectivity index (χ4n) is 1.19. The van der Waals surface area contributed by atoms with E-state index >= 15 is 0 Å². The number of anilines is 1. The molecule has 0 spiro atoms. The maximum atomic E-state index is 13.4. The minimum Gasteiger partial charge on any atom is -0.465 e. The van der Waals surface area contributed by atoms with E-state index in [1.54, 1.807) is 0 Å². The number of ether oxygens (including phenoxy) is 1. The van der Waals surface area contributed by atoms with Crippen LogP contribution < -0.4 is 5.73 Å². The molecule has 0 aromatic heterocycles. The summed E-state index contributed by atoms with van der Waals surface area (Å²) >= 11 is 0. The van der Waals surface area contributed by atoms with Gasteiger partial charge in [-0.15, -0.1) is 0 Å². The van der Waals surface area contributed by atoms with Crippen LogP contribution in [0.15, 0.2) is 17.1 Å². The van der Waals surface area contributed by atoms with Gasteiger partial charge in [-0.2, -0.15) is 0 Å². The Morgan fingerprint density at radius 1 is 1.60 bits per heavy atom. The van der Waals surface area contributed by atoms with Gasteiger partial charge in [0.1, 0.15) is 11.4 Å². The normalized spacial score (nSPS) is 10.6. The maximum absolute atomic E-state index is 13.4. The molecule has 0 aliphatic heterocycles. The van der Waals surface area contributed by atoms with Crippen LogP contribution in [0.4, 0.5) is 10.1 Å². The number of nitrogen functional groups attached to an aromatic ring is 1. The number of nitrogens with zero attached hydrogens (tertiary/aromatic N) is 1. The molecule has 15 heavy (non-hydrogen) atoms. The molecule has 0 amide bonds. The van der Waals surface area contributed by atoms with Crippen molar-refractivity contribution in [3.63, 3.8) is 0 Å². The zero-order chi connectivity index (χ0) is 11.4. The number of carbonyl (C=O) groups is 1. The highest BCUT2D eigenvalue weighted by Gasteiger charge is 2.18. The highest BCUT2D eigenvalue weighted by molar-refractivity contribution is 6.03. The number of methoxy groups -OCH3 is 1. The first kappa shape index (κ1) is 11.2. The van der Waals surface area contributed by atoms with Crippen LogP contribution >= 0.6 is 0 Å². The van der Waals surface area contributed by atoms with E-state index in [-0.39, 0.29) is 16.8 Å². The smallest absolute Gasteiger partial charge is 0.341 e. The fraction of sp³-hybridized carbons (Fsp3) is 0.200. The number of hydrogen-bond acceptors (Lipinski definition) is 4. The van der Waals surface area contributed by atoms with Crippen molar-refractivity contribution in [2.45, 2.75) is 0 Å². The van der Waals surface area contributed by atoms with Gasteiger partial charge in [0.2, 0.25) is 0 Å². The molecule has 2 N–H and O–H groups in total. The Morgan fingerprint density at radius 2 is 2.27 bits per heavy atom. The first-order valence-electron chi connectivity index (χ1n) is 4.20. The number of nitrogens with two attached hydrogens (primary N) is 1. The molecule has 0 saturated carbocycles. The van der Waals surface area contributed by atoms with Gasteiger partial charge in [-0.05, 0) is 12.1 Å². The van der Waals surface area contributed by atoms with Crippen molar-refractivity contribution in [3.8, 4) is 0 Å². The Bertz CT molecular complexity index is 416. The number of hydrogen-bond donors (Lipinski definition) is 1. The lowest BCUT2D eigenvalue weighted by atomic mass is 10.1. The maximum Gasteiger partial charge on any atom is 0.341 e. The third kappa shape index (κ3) is 2.12. The quantitative estimate of drug-likeness (QED) is 0.453. The third-order valence-corrected chi connectivity index (χ3v) is 1.88. The summed E-state index contributed by atoms with van der Waals surface area (Å²) in [5.74, 6) is -1.44. The molecular formula is C10H11FN2O2. The van der Waals surface area contributed by atoms with Crippen molar-refractivity contribution < 1.29 is 13.9 Å². The molecule has 0 atom stereocenters. The topological polar surface area (TPSA) is 64.7 Å². The number of esters is 1. The summed E-state index contributed by atoms with van der Waals surface area (Å²) in [5.41, 5.74) is 5.93. The third-order valence-electron chi connectivity index (χ3n) is 1.88. The van der Waals surface area contributed by atoms with Crippen LogP contribution in [0.1, 0.15) is 15.9 Å². The van der Waals surface area contributed by atoms with E-state index in [4.69, 9.17) is 5.73 Å². The predicted molar refractivity (Wildman–Crippen MR) is 55.7 cm³/mol. The minimum absolute atomic E-state index is 0.192. The number of aliphatic imine (C=N–C) groups is 1. The summed E-state index contributed by atoms with van der Waals surface area (Å²) in [4.78, 5) is 15.0. The van der Waals surface area contributed by atoms with Crippen molar-refractivity contribution in [2.75, 3.05) is 19.9 Å². The summed E-state index contributed by atoms with van der Waals surface area (Å²) in [5, 5.41) is 0. The van der Waals surface area contributed by atoms with Crippen molar-refractivity contribution in [2.24, 2.45) is 4.99 Å². The molecule has 0 saturated heterocycles. The van der Waals surface area contributed by atoms with Gasteiger partial charge < -0.3 is 10.5 Å². The van der Waals surface area contributed by atoms with E-state index in [9.17, 15) is 9.18 Å². The molecule has 1 aromatic rings. The summed E-state index contributed by atoms with van der Waals surface area (Å²) in [6, 6.07) is 2.49. The van der Waals surface area contributed by atoms with E-state index in [2.05, 4.69) is 9.73 Å². The van der Waals surface area contributed by atoms with Gasteiger partial charge in [-0.1, -0.05) is 0 Å². The molecule has 4 nitrogen and oxygen atoms in total. The first-order chi connectivity index (χ1) is 7.11. The first-order valence-corrected chi connectivity index (χ1v) is 4.20. The second-order valence-corrected chi connectivity index (χ2v) is 2.80. The molecule has 1 aromatic carbocycles. The highest BCUT2D eigenvalue weighted by atomic mass is 19.1. The van der Waals surface area contributed by atoms with E-state index in [1.165, 1.54) is 26.4 Å². The van der Waals surface area contributed by atoms with Gasteiger partial charge in [0.15, 0.2) is 0 Å².